The molecule has 3 heterocycles. The van der Waals surface area contributed by atoms with Gasteiger partial charge in [0.1, 0.15) is 11.2 Å². The Labute approximate surface area is 363 Å². The molecule has 3 aromatic heterocycles. The van der Waals surface area contributed by atoms with E-state index < -0.39 is 0 Å². The predicted octanol–water partition coefficient (Wildman–Crippen LogP) is 17.5. The van der Waals surface area contributed by atoms with E-state index in [4.69, 9.17) is 4.42 Å². The summed E-state index contributed by atoms with van der Waals surface area (Å²) in [7, 11) is 0. The summed E-state index contributed by atoms with van der Waals surface area (Å²) in [6.45, 7) is 8.00. The number of para-hydroxylation sites is 3. The molecular formula is C59H50N2O. The number of hydrogen-bond donors (Lipinski definition) is 0. The second kappa shape index (κ2) is 16.8. The number of rotatable bonds is 5. The van der Waals surface area contributed by atoms with Crippen LogP contribution in [0.5, 0.6) is 0 Å². The normalized spacial score (nSPS) is 11.1. The minimum atomic E-state index is 0. The summed E-state index contributed by atoms with van der Waals surface area (Å²) in [5.41, 5.74) is 16.0. The Bertz CT molecular complexity index is 3510. The zero-order valence-corrected chi connectivity index (χ0v) is 34.9. The van der Waals surface area contributed by atoms with E-state index >= 15 is 0 Å². The molecule has 9 aromatic carbocycles. The van der Waals surface area contributed by atoms with Crippen LogP contribution in [-0.4, -0.2) is 9.13 Å². The van der Waals surface area contributed by atoms with E-state index in [2.05, 4.69) is 215 Å². The first-order valence-electron chi connectivity index (χ1n) is 21.5. The third kappa shape index (κ3) is 6.63. The lowest BCUT2D eigenvalue weighted by molar-refractivity contribution is 0.669. The SMILES string of the molecule is C.CC.CC.c1ccc(-c2cccc(-c3ccc4c(c3)c3ccccc3n4-c3ccc4oc5ccc(-c6ccc7c8ccccc8n(-c8ccccc8)c7c6)cc5c4c3)c2)cc1. The van der Waals surface area contributed by atoms with Gasteiger partial charge < -0.3 is 13.6 Å². The predicted molar refractivity (Wildman–Crippen MR) is 268 cm³/mol. The number of benzene rings is 9. The van der Waals surface area contributed by atoms with Crippen LogP contribution in [0.25, 0.3) is 110 Å². The first kappa shape index (κ1) is 39.8. The van der Waals surface area contributed by atoms with Gasteiger partial charge in [0, 0.05) is 43.7 Å². The molecule has 0 aliphatic carbocycles. The topological polar surface area (TPSA) is 23.0 Å². The highest BCUT2D eigenvalue weighted by molar-refractivity contribution is 6.13. The van der Waals surface area contributed by atoms with Crippen LogP contribution in [0.1, 0.15) is 35.1 Å². The van der Waals surface area contributed by atoms with Gasteiger partial charge in [0.2, 0.25) is 0 Å². The standard InChI is InChI=1S/C54H34N2O.2C2H6.CH4/c1-3-12-35(13-4-1)36-14-11-15-37(30-36)38-23-27-51-46(31-38)44-19-8-10-21-50(44)56(51)42-25-29-54-48(34-42)47-32-39(24-28-53(47)57-54)40-22-26-45-43-18-7-9-20-49(43)55(52(45)33-40)41-16-5-2-6-17-41;2*1-2;/h1-34H;2*1-2H3;1H4. The highest BCUT2D eigenvalue weighted by atomic mass is 16.3. The molecule has 0 saturated carbocycles. The van der Waals surface area contributed by atoms with E-state index in [0.29, 0.717) is 0 Å². The van der Waals surface area contributed by atoms with Crippen molar-refractivity contribution >= 4 is 65.6 Å². The lowest BCUT2D eigenvalue weighted by atomic mass is 9.98. The minimum Gasteiger partial charge on any atom is -0.456 e. The maximum atomic E-state index is 6.47. The smallest absolute Gasteiger partial charge is 0.135 e. The Morgan fingerprint density at radius 3 is 1.44 bits per heavy atom. The molecule has 0 aliphatic rings. The molecule has 302 valence electrons. The summed E-state index contributed by atoms with van der Waals surface area (Å²) < 4.78 is 11.2. The number of fused-ring (bicyclic) bond motifs is 9. The quantitative estimate of drug-likeness (QED) is 0.170. The van der Waals surface area contributed by atoms with Gasteiger partial charge in [-0.15, -0.1) is 0 Å². The molecule has 0 N–H and O–H groups in total. The molecule has 12 rings (SSSR count). The Morgan fingerprint density at radius 1 is 0.274 bits per heavy atom. The number of furan rings is 1. The van der Waals surface area contributed by atoms with Gasteiger partial charge >= 0.3 is 0 Å². The summed E-state index contributed by atoms with van der Waals surface area (Å²) in [5.74, 6) is 0. The molecule has 0 unspecified atom stereocenters. The molecule has 3 nitrogen and oxygen atoms in total. The van der Waals surface area contributed by atoms with Crippen molar-refractivity contribution in [1.29, 1.82) is 0 Å². The van der Waals surface area contributed by atoms with Crippen molar-refractivity contribution < 1.29 is 4.42 Å². The monoisotopic (exact) mass is 802 g/mol. The lowest BCUT2D eigenvalue weighted by Crippen LogP contribution is -1.93. The van der Waals surface area contributed by atoms with Crippen molar-refractivity contribution in [3.63, 3.8) is 0 Å². The summed E-state index contributed by atoms with van der Waals surface area (Å²) in [6, 6.07) is 74.5. The van der Waals surface area contributed by atoms with Gasteiger partial charge in [-0.05, 0) is 112 Å². The molecule has 0 bridgehead atoms. The van der Waals surface area contributed by atoms with E-state index in [9.17, 15) is 0 Å². The molecular weight excluding hydrogens is 753 g/mol. The van der Waals surface area contributed by atoms with Crippen molar-refractivity contribution in [2.45, 2.75) is 35.1 Å². The second-order valence-corrected chi connectivity index (χ2v) is 14.9. The molecule has 0 spiro atoms. The van der Waals surface area contributed by atoms with Gasteiger partial charge in [-0.1, -0.05) is 163 Å². The highest BCUT2D eigenvalue weighted by Gasteiger charge is 2.17. The Kier molecular flexibility index (Phi) is 10.8. The summed E-state index contributed by atoms with van der Waals surface area (Å²) >= 11 is 0. The maximum Gasteiger partial charge on any atom is 0.135 e. The fraction of sp³-hybridized carbons (Fsp3) is 0.0847. The largest absolute Gasteiger partial charge is 0.456 e. The van der Waals surface area contributed by atoms with Gasteiger partial charge in [0.15, 0.2) is 0 Å². The molecule has 0 fully saturated rings. The molecule has 0 aliphatic heterocycles. The van der Waals surface area contributed by atoms with Crippen molar-refractivity contribution in [2.75, 3.05) is 0 Å². The van der Waals surface area contributed by atoms with Crippen LogP contribution in [0.15, 0.2) is 211 Å². The molecule has 0 amide bonds. The van der Waals surface area contributed by atoms with Crippen LogP contribution in [0, 0.1) is 0 Å². The average Bonchev–Trinajstić information content (AvgIpc) is 4.00. The third-order valence-electron chi connectivity index (χ3n) is 11.7. The molecule has 62 heavy (non-hydrogen) atoms. The van der Waals surface area contributed by atoms with Crippen molar-refractivity contribution in [3.05, 3.63) is 206 Å². The van der Waals surface area contributed by atoms with E-state index in [1.165, 1.54) is 71.4 Å². The van der Waals surface area contributed by atoms with Crippen LogP contribution in [-0.2, 0) is 0 Å². The number of nitrogens with zero attached hydrogens (tertiary/aromatic N) is 2. The van der Waals surface area contributed by atoms with Gasteiger partial charge in [0.25, 0.3) is 0 Å². The fourth-order valence-corrected chi connectivity index (χ4v) is 9.03. The zero-order chi connectivity index (χ0) is 41.5. The Balaban J connectivity index is 0.000000954. The van der Waals surface area contributed by atoms with Crippen LogP contribution in [0.2, 0.25) is 0 Å². The van der Waals surface area contributed by atoms with Gasteiger partial charge in [0.05, 0.1) is 22.1 Å². The number of hydrogen-bond acceptors (Lipinski definition) is 1. The highest BCUT2D eigenvalue weighted by Crippen LogP contribution is 2.40. The number of aromatic nitrogens is 2. The summed E-state index contributed by atoms with van der Waals surface area (Å²) in [5, 5.41) is 7.17. The molecule has 0 atom stereocenters. The summed E-state index contributed by atoms with van der Waals surface area (Å²) in [4.78, 5) is 0. The summed E-state index contributed by atoms with van der Waals surface area (Å²) in [6.07, 6.45) is 0. The second-order valence-electron chi connectivity index (χ2n) is 14.9. The zero-order valence-electron chi connectivity index (χ0n) is 34.9. The lowest BCUT2D eigenvalue weighted by Gasteiger charge is -2.10. The first-order valence-corrected chi connectivity index (χ1v) is 21.5. The first-order chi connectivity index (χ1) is 30.2. The minimum absolute atomic E-state index is 0. The van der Waals surface area contributed by atoms with Crippen molar-refractivity contribution in [3.8, 4) is 44.8 Å². The molecule has 3 heteroatoms. The Hall–Kier alpha value is -7.62. The van der Waals surface area contributed by atoms with Crippen molar-refractivity contribution in [2.24, 2.45) is 0 Å². The van der Waals surface area contributed by atoms with Gasteiger partial charge in [-0.3, -0.25) is 0 Å². The van der Waals surface area contributed by atoms with Crippen LogP contribution in [0.3, 0.4) is 0 Å². The van der Waals surface area contributed by atoms with E-state index in [1.807, 2.05) is 27.7 Å². The van der Waals surface area contributed by atoms with Gasteiger partial charge in [-0.2, -0.15) is 0 Å². The molecule has 0 radical (unpaired) electrons. The van der Waals surface area contributed by atoms with E-state index in [-0.39, 0.29) is 7.43 Å². The van der Waals surface area contributed by atoms with Crippen LogP contribution in [0.4, 0.5) is 0 Å². The Morgan fingerprint density at radius 2 is 0.726 bits per heavy atom. The molecule has 0 saturated heterocycles. The average molecular weight is 803 g/mol. The van der Waals surface area contributed by atoms with Crippen LogP contribution >= 0.6 is 0 Å². The van der Waals surface area contributed by atoms with Crippen LogP contribution < -0.4 is 0 Å². The van der Waals surface area contributed by atoms with E-state index in [1.54, 1.807) is 0 Å². The molecule has 12 aromatic rings. The maximum absolute atomic E-state index is 6.47. The fourth-order valence-electron chi connectivity index (χ4n) is 9.03. The van der Waals surface area contributed by atoms with Crippen molar-refractivity contribution in [1.82, 2.24) is 9.13 Å². The van der Waals surface area contributed by atoms with E-state index in [0.717, 1.165) is 38.9 Å². The third-order valence-corrected chi connectivity index (χ3v) is 11.7. The van der Waals surface area contributed by atoms with Gasteiger partial charge in [-0.25, -0.2) is 0 Å².